The fraction of sp³-hybridized carbons (Fsp3) is 0.348. The van der Waals surface area contributed by atoms with Crippen LogP contribution >= 0.6 is 11.8 Å². The Morgan fingerprint density at radius 1 is 0.750 bits per heavy atom. The van der Waals surface area contributed by atoms with Crippen LogP contribution in [0.1, 0.15) is 36.5 Å². The van der Waals surface area contributed by atoms with Crippen LogP contribution < -0.4 is 0 Å². The number of piperidine rings is 1. The van der Waals surface area contributed by atoms with Crippen LogP contribution in [0.5, 0.6) is 0 Å². The van der Waals surface area contributed by atoms with Gasteiger partial charge in [0.15, 0.2) is 11.0 Å². The van der Waals surface area contributed by atoms with E-state index in [1.54, 1.807) is 16.4 Å². The third kappa shape index (κ3) is 4.89. The number of para-hydroxylation sites is 1. The molecule has 0 N–H and O–H groups in total. The largest absolute Gasteiger partial charge is 0.300 e. The minimum atomic E-state index is 0.610. The van der Waals surface area contributed by atoms with Crippen LogP contribution in [0.15, 0.2) is 65.8 Å². The molecule has 3 heterocycles. The van der Waals surface area contributed by atoms with Gasteiger partial charge in [-0.05, 0) is 54.1 Å². The van der Waals surface area contributed by atoms with Crippen molar-refractivity contribution in [2.45, 2.75) is 43.3 Å². The number of nitrogens with zero attached hydrogens (tertiary/aromatic N) is 8. The van der Waals surface area contributed by atoms with E-state index >= 15 is 0 Å². The Hall–Kier alpha value is -3.04. The first-order valence-corrected chi connectivity index (χ1v) is 12.0. The van der Waals surface area contributed by atoms with Gasteiger partial charge >= 0.3 is 0 Å². The quantitative estimate of drug-likeness (QED) is 0.383. The van der Waals surface area contributed by atoms with Gasteiger partial charge in [-0.25, -0.2) is 0 Å². The second-order valence-corrected chi connectivity index (χ2v) is 8.88. The summed E-state index contributed by atoms with van der Waals surface area (Å²) in [6.45, 7) is 3.85. The first kappa shape index (κ1) is 20.8. The molecule has 1 saturated heterocycles. The van der Waals surface area contributed by atoms with Crippen LogP contribution in [0, 0.1) is 0 Å². The number of tetrazole rings is 1. The summed E-state index contributed by atoms with van der Waals surface area (Å²) in [6.07, 6.45) is 3.84. The predicted octanol–water partition coefficient (Wildman–Crippen LogP) is 3.58. The second kappa shape index (κ2) is 10.1. The van der Waals surface area contributed by atoms with Gasteiger partial charge in [-0.2, -0.15) is 4.68 Å². The molecule has 0 amide bonds. The zero-order chi connectivity index (χ0) is 21.6. The van der Waals surface area contributed by atoms with Crippen LogP contribution in [0.25, 0.3) is 5.69 Å². The van der Waals surface area contributed by atoms with Gasteiger partial charge in [-0.1, -0.05) is 66.7 Å². The summed E-state index contributed by atoms with van der Waals surface area (Å²) in [6, 6.07) is 20.4. The summed E-state index contributed by atoms with van der Waals surface area (Å²) < 4.78 is 4.02. The molecule has 5 rings (SSSR count). The van der Waals surface area contributed by atoms with Gasteiger partial charge in [0.25, 0.3) is 0 Å². The van der Waals surface area contributed by atoms with Crippen molar-refractivity contribution in [1.29, 1.82) is 0 Å². The third-order valence-corrected chi connectivity index (χ3v) is 6.62. The van der Waals surface area contributed by atoms with Crippen molar-refractivity contribution in [3.05, 3.63) is 77.9 Å². The molecule has 0 saturated carbocycles. The van der Waals surface area contributed by atoms with Gasteiger partial charge in [0.1, 0.15) is 5.82 Å². The van der Waals surface area contributed by atoms with E-state index in [1.807, 2.05) is 36.4 Å². The molecule has 32 heavy (non-hydrogen) atoms. The lowest BCUT2D eigenvalue weighted by Gasteiger charge is -2.26. The molecule has 164 valence electrons. The summed E-state index contributed by atoms with van der Waals surface area (Å²) >= 11 is 1.62. The number of rotatable bonds is 8. The molecule has 9 heteroatoms. The fourth-order valence-electron chi connectivity index (χ4n) is 3.98. The van der Waals surface area contributed by atoms with Crippen LogP contribution in [0.3, 0.4) is 0 Å². The van der Waals surface area contributed by atoms with Gasteiger partial charge in [0, 0.05) is 0 Å². The molecule has 1 aliphatic heterocycles. The highest BCUT2D eigenvalue weighted by atomic mass is 32.2. The van der Waals surface area contributed by atoms with E-state index in [-0.39, 0.29) is 0 Å². The molecule has 8 nitrogen and oxygen atoms in total. The van der Waals surface area contributed by atoms with Gasteiger partial charge in [-0.3, -0.25) is 4.90 Å². The minimum absolute atomic E-state index is 0.610. The van der Waals surface area contributed by atoms with E-state index in [4.69, 9.17) is 0 Å². The van der Waals surface area contributed by atoms with Gasteiger partial charge in [-0.15, -0.1) is 15.3 Å². The molecule has 2 aromatic heterocycles. The van der Waals surface area contributed by atoms with Crippen molar-refractivity contribution >= 4 is 11.8 Å². The lowest BCUT2D eigenvalue weighted by atomic mass is 10.1. The van der Waals surface area contributed by atoms with Crippen molar-refractivity contribution in [3.8, 4) is 5.69 Å². The van der Waals surface area contributed by atoms with Crippen molar-refractivity contribution in [2.24, 2.45) is 0 Å². The Kier molecular flexibility index (Phi) is 6.55. The fourth-order valence-corrected chi connectivity index (χ4v) is 4.84. The molecule has 0 spiro atoms. The first-order valence-electron chi connectivity index (χ1n) is 11.0. The average Bonchev–Trinajstić information content (AvgIpc) is 3.47. The summed E-state index contributed by atoms with van der Waals surface area (Å²) in [5, 5.41) is 22.3. The molecule has 0 bridgehead atoms. The third-order valence-electron chi connectivity index (χ3n) is 5.66. The minimum Gasteiger partial charge on any atom is -0.300 e. The monoisotopic (exact) mass is 446 g/mol. The number of thioether (sulfide) groups is 1. The summed E-state index contributed by atoms with van der Waals surface area (Å²) in [5.41, 5.74) is 2.19. The lowest BCUT2D eigenvalue weighted by molar-refractivity contribution is 0.213. The molecular weight excluding hydrogens is 420 g/mol. The molecule has 0 unspecified atom stereocenters. The number of hydrogen-bond donors (Lipinski definition) is 0. The second-order valence-electron chi connectivity index (χ2n) is 7.94. The van der Waals surface area contributed by atoms with Crippen molar-refractivity contribution in [2.75, 3.05) is 13.1 Å². The molecular formula is C23H26N8S. The van der Waals surface area contributed by atoms with E-state index < -0.39 is 0 Å². The Labute approximate surface area is 191 Å². The maximum absolute atomic E-state index is 4.58. The Balaban J connectivity index is 1.37. The first-order chi connectivity index (χ1) is 15.9. The number of benzene rings is 2. The lowest BCUT2D eigenvalue weighted by Crippen LogP contribution is -2.30. The standard InChI is InChI=1S/C23H26N8S/c1-4-10-19(11-5-1)16-30-21(17-29-14-8-3-9-15-29)24-26-23(30)32-18-22-25-27-28-31(22)20-12-6-2-7-13-20/h1-2,4-7,10-13H,3,8-9,14-18H2. The Morgan fingerprint density at radius 3 is 2.28 bits per heavy atom. The highest BCUT2D eigenvalue weighted by Crippen LogP contribution is 2.24. The van der Waals surface area contributed by atoms with Crippen molar-refractivity contribution in [1.82, 2.24) is 39.9 Å². The topological polar surface area (TPSA) is 77.6 Å². The molecule has 0 radical (unpaired) electrons. The highest BCUT2D eigenvalue weighted by molar-refractivity contribution is 7.98. The number of aromatic nitrogens is 7. The van der Waals surface area contributed by atoms with Crippen LogP contribution in [0.2, 0.25) is 0 Å². The Bertz CT molecular complexity index is 1120. The zero-order valence-corrected chi connectivity index (χ0v) is 18.7. The Morgan fingerprint density at radius 2 is 1.50 bits per heavy atom. The van der Waals surface area contributed by atoms with Crippen molar-refractivity contribution < 1.29 is 0 Å². The maximum atomic E-state index is 4.58. The smallest absolute Gasteiger partial charge is 0.192 e. The highest BCUT2D eigenvalue weighted by Gasteiger charge is 2.19. The van der Waals surface area contributed by atoms with E-state index in [0.717, 1.165) is 48.7 Å². The van der Waals surface area contributed by atoms with Gasteiger partial charge in [0.2, 0.25) is 0 Å². The summed E-state index contributed by atoms with van der Waals surface area (Å²) in [4.78, 5) is 2.49. The molecule has 0 atom stereocenters. The van der Waals surface area contributed by atoms with Crippen LogP contribution in [-0.2, 0) is 18.8 Å². The molecule has 2 aromatic carbocycles. The summed E-state index contributed by atoms with van der Waals surface area (Å²) in [7, 11) is 0. The van der Waals surface area contributed by atoms with E-state index in [2.05, 4.69) is 59.5 Å². The van der Waals surface area contributed by atoms with Crippen LogP contribution in [0.4, 0.5) is 0 Å². The van der Waals surface area contributed by atoms with Gasteiger partial charge < -0.3 is 4.57 Å². The SMILES string of the molecule is c1ccc(Cn2c(CN3CCCCC3)nnc2SCc2nnnn2-c2ccccc2)cc1. The normalized spacial score (nSPS) is 14.6. The van der Waals surface area contributed by atoms with Crippen LogP contribution in [-0.4, -0.2) is 53.0 Å². The van der Waals surface area contributed by atoms with E-state index in [9.17, 15) is 0 Å². The van der Waals surface area contributed by atoms with E-state index in [0.29, 0.717) is 5.75 Å². The molecule has 1 aliphatic rings. The van der Waals surface area contributed by atoms with Crippen molar-refractivity contribution in [3.63, 3.8) is 0 Å². The summed E-state index contributed by atoms with van der Waals surface area (Å²) in [5.74, 6) is 2.41. The number of likely N-dealkylation sites (tertiary alicyclic amines) is 1. The molecule has 1 fully saturated rings. The molecule has 4 aromatic rings. The number of hydrogen-bond acceptors (Lipinski definition) is 7. The predicted molar refractivity (Wildman–Crippen MR) is 123 cm³/mol. The zero-order valence-electron chi connectivity index (χ0n) is 17.9. The average molecular weight is 447 g/mol. The van der Waals surface area contributed by atoms with Gasteiger partial charge in [0.05, 0.1) is 24.5 Å². The maximum Gasteiger partial charge on any atom is 0.192 e. The van der Waals surface area contributed by atoms with E-state index in [1.165, 1.54) is 24.8 Å². The molecule has 0 aliphatic carbocycles.